The van der Waals surface area contributed by atoms with E-state index in [0.29, 0.717) is 19.6 Å². The van der Waals surface area contributed by atoms with Gasteiger partial charge in [0.15, 0.2) is 0 Å². The van der Waals surface area contributed by atoms with E-state index < -0.39 is 6.04 Å². The van der Waals surface area contributed by atoms with Crippen LogP contribution in [0, 0.1) is 5.82 Å². The molecule has 0 unspecified atom stereocenters. The van der Waals surface area contributed by atoms with Gasteiger partial charge >= 0.3 is 0 Å². The molecule has 0 aliphatic rings. The summed E-state index contributed by atoms with van der Waals surface area (Å²) in [5.41, 5.74) is 0.947. The van der Waals surface area contributed by atoms with E-state index in [2.05, 4.69) is 12.2 Å². The number of halogens is 2. The maximum absolute atomic E-state index is 13.0. The molecule has 0 saturated heterocycles. The number of hydrogen-bond acceptors (Lipinski definition) is 3. The second-order valence-electron chi connectivity index (χ2n) is 5.67. The Morgan fingerprint density at radius 1 is 1.39 bits per heavy atom. The maximum Gasteiger partial charge on any atom is 0.238 e. The van der Waals surface area contributed by atoms with Gasteiger partial charge in [-0.2, -0.15) is 0 Å². The van der Waals surface area contributed by atoms with Crippen molar-refractivity contribution < 1.29 is 13.9 Å². The molecular weight excluding hydrogens is 319 g/mol. The smallest absolute Gasteiger partial charge is 0.238 e. The molecule has 1 aromatic carbocycles. The van der Waals surface area contributed by atoms with Crippen molar-refractivity contribution in [3.8, 4) is 0 Å². The zero-order valence-electron chi connectivity index (χ0n) is 14.0. The van der Waals surface area contributed by atoms with Crippen molar-refractivity contribution in [3.63, 3.8) is 0 Å². The summed E-state index contributed by atoms with van der Waals surface area (Å²) in [6.07, 6.45) is 2.62. The van der Waals surface area contributed by atoms with Gasteiger partial charge in [-0.1, -0.05) is 25.5 Å². The molecule has 4 nitrogen and oxygen atoms in total. The van der Waals surface area contributed by atoms with Crippen LogP contribution in [0.15, 0.2) is 24.3 Å². The average Bonchev–Trinajstić information content (AvgIpc) is 2.52. The number of nitrogens with zero attached hydrogens (tertiary/aromatic N) is 1. The van der Waals surface area contributed by atoms with Gasteiger partial charge in [0.05, 0.1) is 12.6 Å². The van der Waals surface area contributed by atoms with Crippen molar-refractivity contribution in [1.82, 2.24) is 9.74 Å². The highest BCUT2D eigenvalue weighted by molar-refractivity contribution is 6.14. The van der Waals surface area contributed by atoms with Crippen LogP contribution in [0.25, 0.3) is 0 Å². The molecule has 0 radical (unpaired) electrons. The molecule has 1 aromatic rings. The standard InChI is InChI=1S/C17H26ClFN2O2/c1-4-5-10-23-12-16(20-17(22)13(2)21(3)18)11-14-6-8-15(19)9-7-14/h6-9,13,16H,4-5,10-12H2,1-3H3,(H,20,22)/t13-,16-/m1/s1. The normalized spacial score (nSPS) is 13.8. The lowest BCUT2D eigenvalue weighted by Crippen LogP contribution is -2.47. The van der Waals surface area contributed by atoms with Crippen LogP contribution < -0.4 is 5.32 Å². The van der Waals surface area contributed by atoms with Crippen LogP contribution in [0.3, 0.4) is 0 Å². The van der Waals surface area contributed by atoms with E-state index in [1.807, 2.05) is 0 Å². The Morgan fingerprint density at radius 2 is 2.04 bits per heavy atom. The van der Waals surface area contributed by atoms with Gasteiger partial charge in [-0.05, 0) is 49.2 Å². The third-order valence-corrected chi connectivity index (χ3v) is 3.91. The molecule has 0 saturated carbocycles. The molecule has 2 atom stereocenters. The highest BCUT2D eigenvalue weighted by Gasteiger charge is 2.20. The zero-order chi connectivity index (χ0) is 17.2. The summed E-state index contributed by atoms with van der Waals surface area (Å²) in [5.74, 6) is -0.431. The molecule has 0 spiro atoms. The molecule has 0 bridgehead atoms. The number of ether oxygens (including phenoxy) is 1. The Balaban J connectivity index is 2.64. The largest absolute Gasteiger partial charge is 0.379 e. The van der Waals surface area contributed by atoms with E-state index in [-0.39, 0.29) is 17.8 Å². The van der Waals surface area contributed by atoms with Gasteiger partial charge in [0.25, 0.3) is 0 Å². The summed E-state index contributed by atoms with van der Waals surface area (Å²) < 4.78 is 20.0. The van der Waals surface area contributed by atoms with Crippen LogP contribution in [0.4, 0.5) is 4.39 Å². The second kappa shape index (κ2) is 10.6. The van der Waals surface area contributed by atoms with E-state index in [9.17, 15) is 9.18 Å². The van der Waals surface area contributed by atoms with Gasteiger partial charge in [0, 0.05) is 13.7 Å². The molecule has 130 valence electrons. The second-order valence-corrected chi connectivity index (χ2v) is 6.20. The first-order valence-electron chi connectivity index (χ1n) is 7.95. The third kappa shape index (κ3) is 7.77. The highest BCUT2D eigenvalue weighted by atomic mass is 35.5. The fraction of sp³-hybridized carbons (Fsp3) is 0.588. The summed E-state index contributed by atoms with van der Waals surface area (Å²) in [7, 11) is 1.64. The molecule has 1 amide bonds. The van der Waals surface area contributed by atoms with Gasteiger partial charge in [-0.3, -0.25) is 4.79 Å². The van der Waals surface area contributed by atoms with Crippen LogP contribution in [0.1, 0.15) is 32.3 Å². The van der Waals surface area contributed by atoms with Crippen LogP contribution in [0.5, 0.6) is 0 Å². The van der Waals surface area contributed by atoms with Crippen LogP contribution >= 0.6 is 11.8 Å². The van der Waals surface area contributed by atoms with Gasteiger partial charge in [-0.25, -0.2) is 8.81 Å². The van der Waals surface area contributed by atoms with Gasteiger partial charge in [-0.15, -0.1) is 0 Å². The summed E-state index contributed by atoms with van der Waals surface area (Å²) in [4.78, 5) is 12.2. The topological polar surface area (TPSA) is 41.6 Å². The van der Waals surface area contributed by atoms with E-state index in [1.165, 1.54) is 16.6 Å². The number of carbonyl (C=O) groups is 1. The van der Waals surface area contributed by atoms with Gasteiger partial charge in [0.2, 0.25) is 5.91 Å². The molecule has 0 fully saturated rings. The van der Waals surface area contributed by atoms with E-state index in [0.717, 1.165) is 18.4 Å². The lowest BCUT2D eigenvalue weighted by molar-refractivity contribution is -0.125. The highest BCUT2D eigenvalue weighted by Crippen LogP contribution is 2.08. The number of likely N-dealkylation sites (N-methyl/N-ethyl adjacent to an activating group) is 1. The lowest BCUT2D eigenvalue weighted by Gasteiger charge is -2.23. The van der Waals surface area contributed by atoms with Crippen molar-refractivity contribution in [2.24, 2.45) is 0 Å². The molecule has 0 heterocycles. The number of amides is 1. The summed E-state index contributed by atoms with van der Waals surface area (Å²) in [5, 5.41) is 2.95. The Labute approximate surface area is 143 Å². The predicted molar refractivity (Wildman–Crippen MR) is 90.8 cm³/mol. The summed E-state index contributed by atoms with van der Waals surface area (Å²) in [6.45, 7) is 4.91. The Bertz CT molecular complexity index is 468. The number of hydrogen-bond donors (Lipinski definition) is 1. The molecule has 0 aliphatic carbocycles. The first-order chi connectivity index (χ1) is 10.9. The van der Waals surface area contributed by atoms with Crippen molar-refractivity contribution in [3.05, 3.63) is 35.6 Å². The van der Waals surface area contributed by atoms with Gasteiger partial charge < -0.3 is 10.1 Å². The molecule has 6 heteroatoms. The SMILES string of the molecule is CCCCOC[C@@H](Cc1ccc(F)cc1)NC(=O)[C@@H](C)N(C)Cl. The van der Waals surface area contributed by atoms with Crippen molar-refractivity contribution in [2.75, 3.05) is 20.3 Å². The molecular formula is C17H26ClFN2O2. The predicted octanol–water partition coefficient (Wildman–Crippen LogP) is 3.14. The Morgan fingerprint density at radius 3 is 2.61 bits per heavy atom. The van der Waals surface area contributed by atoms with Crippen LogP contribution in [0.2, 0.25) is 0 Å². The fourth-order valence-corrected chi connectivity index (χ4v) is 2.10. The van der Waals surface area contributed by atoms with E-state index in [4.69, 9.17) is 16.5 Å². The zero-order valence-corrected chi connectivity index (χ0v) is 14.8. The quantitative estimate of drug-likeness (QED) is 0.523. The molecule has 1 rings (SSSR count). The average molecular weight is 345 g/mol. The van der Waals surface area contributed by atoms with Crippen LogP contribution in [-0.2, 0) is 16.0 Å². The van der Waals surface area contributed by atoms with E-state index >= 15 is 0 Å². The van der Waals surface area contributed by atoms with Crippen molar-refractivity contribution >= 4 is 17.7 Å². The molecule has 1 N–H and O–H groups in total. The number of nitrogens with one attached hydrogen (secondary N) is 1. The summed E-state index contributed by atoms with van der Waals surface area (Å²) in [6, 6.07) is 5.66. The molecule has 0 aromatic heterocycles. The lowest BCUT2D eigenvalue weighted by atomic mass is 10.1. The minimum absolute atomic E-state index is 0.159. The fourth-order valence-electron chi connectivity index (χ4n) is 2.01. The maximum atomic E-state index is 13.0. The minimum Gasteiger partial charge on any atom is -0.379 e. The number of carbonyl (C=O) groups excluding carboxylic acids is 1. The monoisotopic (exact) mass is 344 g/mol. The van der Waals surface area contributed by atoms with Gasteiger partial charge in [0.1, 0.15) is 11.9 Å². The molecule has 0 aliphatic heterocycles. The number of unbranched alkanes of at least 4 members (excludes halogenated alkanes) is 1. The Hall–Kier alpha value is -1.17. The first-order valence-corrected chi connectivity index (χ1v) is 8.29. The van der Waals surface area contributed by atoms with Crippen molar-refractivity contribution in [2.45, 2.75) is 45.2 Å². The van der Waals surface area contributed by atoms with E-state index in [1.54, 1.807) is 26.1 Å². The minimum atomic E-state index is -0.442. The third-order valence-electron chi connectivity index (χ3n) is 3.62. The number of benzene rings is 1. The van der Waals surface area contributed by atoms with Crippen LogP contribution in [-0.4, -0.2) is 42.7 Å². The molecule has 23 heavy (non-hydrogen) atoms. The Kier molecular flexibility index (Phi) is 9.14. The number of rotatable bonds is 10. The summed E-state index contributed by atoms with van der Waals surface area (Å²) >= 11 is 5.83. The van der Waals surface area contributed by atoms with Crippen molar-refractivity contribution in [1.29, 1.82) is 0 Å². The first kappa shape index (κ1) is 19.9.